The first-order valence-corrected chi connectivity index (χ1v) is 8.38. The summed E-state index contributed by atoms with van der Waals surface area (Å²) in [6, 6.07) is 1.67. The summed E-state index contributed by atoms with van der Waals surface area (Å²) in [7, 11) is 5.00. The van der Waals surface area contributed by atoms with Crippen molar-refractivity contribution in [3.05, 3.63) is 17.0 Å². The Labute approximate surface area is 139 Å². The van der Waals surface area contributed by atoms with Crippen LogP contribution in [0.25, 0.3) is 0 Å². The van der Waals surface area contributed by atoms with Crippen molar-refractivity contribution in [1.82, 2.24) is 15.1 Å². The van der Waals surface area contributed by atoms with Crippen LogP contribution in [0.2, 0.25) is 0 Å². The van der Waals surface area contributed by atoms with Crippen molar-refractivity contribution in [3.63, 3.8) is 0 Å². The summed E-state index contributed by atoms with van der Waals surface area (Å²) in [5, 5.41) is 7.75. The van der Waals surface area contributed by atoms with Gasteiger partial charge in [-0.25, -0.2) is 4.79 Å². The molecular weight excluding hydrogens is 316 g/mol. The maximum Gasteiger partial charge on any atom is 0.319 e. The Morgan fingerprint density at radius 1 is 1.26 bits per heavy atom. The highest BCUT2D eigenvalue weighted by Gasteiger charge is 2.28. The molecule has 0 aromatic carbocycles. The first-order valence-electron chi connectivity index (χ1n) is 7.50. The molecular formula is C15H22N4O3S. The highest BCUT2D eigenvalue weighted by molar-refractivity contribution is 7.14. The van der Waals surface area contributed by atoms with Crippen molar-refractivity contribution in [2.75, 3.05) is 39.5 Å². The van der Waals surface area contributed by atoms with Gasteiger partial charge in [-0.05, 0) is 24.3 Å². The summed E-state index contributed by atoms with van der Waals surface area (Å²) in [6.07, 6.45) is 1.26. The maximum atomic E-state index is 12.4. The predicted molar refractivity (Wildman–Crippen MR) is 89.7 cm³/mol. The Morgan fingerprint density at radius 2 is 1.91 bits per heavy atom. The Balaban J connectivity index is 1.92. The molecule has 2 N–H and O–H groups in total. The van der Waals surface area contributed by atoms with Crippen LogP contribution < -0.4 is 10.6 Å². The third kappa shape index (κ3) is 4.01. The summed E-state index contributed by atoms with van der Waals surface area (Å²) >= 11 is 1.33. The molecule has 2 rings (SSSR count). The number of hydrogen-bond donors (Lipinski definition) is 2. The molecule has 0 aliphatic carbocycles. The molecule has 4 amide bonds. The second kappa shape index (κ2) is 7.45. The topological polar surface area (TPSA) is 81.8 Å². The molecule has 0 spiro atoms. The molecule has 0 atom stereocenters. The fraction of sp³-hybridized carbons (Fsp3) is 0.533. The number of carbonyl (C=O) groups is 3. The Hall–Kier alpha value is -2.09. The van der Waals surface area contributed by atoms with Crippen LogP contribution in [-0.4, -0.2) is 61.9 Å². The van der Waals surface area contributed by atoms with Crippen LogP contribution in [0.1, 0.15) is 23.2 Å². The largest absolute Gasteiger partial charge is 0.355 e. The molecule has 0 saturated carbocycles. The van der Waals surface area contributed by atoms with Gasteiger partial charge < -0.3 is 20.4 Å². The first-order chi connectivity index (χ1) is 10.9. The van der Waals surface area contributed by atoms with Crippen molar-refractivity contribution in [2.45, 2.75) is 12.8 Å². The van der Waals surface area contributed by atoms with Crippen LogP contribution in [0.3, 0.4) is 0 Å². The summed E-state index contributed by atoms with van der Waals surface area (Å²) in [6.45, 7) is 1.14. The lowest BCUT2D eigenvalue weighted by Crippen LogP contribution is -2.45. The van der Waals surface area contributed by atoms with E-state index in [0.29, 0.717) is 36.5 Å². The van der Waals surface area contributed by atoms with Gasteiger partial charge in [0.15, 0.2) is 0 Å². The molecule has 23 heavy (non-hydrogen) atoms. The van der Waals surface area contributed by atoms with Crippen LogP contribution >= 0.6 is 11.3 Å². The number of nitrogens with zero attached hydrogens (tertiary/aromatic N) is 2. The van der Waals surface area contributed by atoms with E-state index < -0.39 is 0 Å². The molecule has 1 aromatic heterocycles. The molecule has 1 fully saturated rings. The van der Waals surface area contributed by atoms with E-state index in [1.807, 2.05) is 0 Å². The third-order valence-corrected chi connectivity index (χ3v) is 4.72. The number of piperidine rings is 1. The van der Waals surface area contributed by atoms with Crippen LogP contribution in [0.4, 0.5) is 9.80 Å². The van der Waals surface area contributed by atoms with Gasteiger partial charge in [-0.15, -0.1) is 11.3 Å². The number of hydrogen-bond acceptors (Lipinski definition) is 4. The second-order valence-electron chi connectivity index (χ2n) is 5.67. The van der Waals surface area contributed by atoms with Crippen molar-refractivity contribution in [3.8, 4) is 0 Å². The zero-order valence-corrected chi connectivity index (χ0v) is 14.4. The molecule has 0 radical (unpaired) electrons. The Morgan fingerprint density at radius 3 is 2.48 bits per heavy atom. The van der Waals surface area contributed by atoms with E-state index in [1.165, 1.54) is 11.3 Å². The Kier molecular flexibility index (Phi) is 5.59. The van der Waals surface area contributed by atoms with Crippen LogP contribution in [0.15, 0.2) is 11.4 Å². The lowest BCUT2D eigenvalue weighted by atomic mass is 9.96. The highest BCUT2D eigenvalue weighted by atomic mass is 32.1. The van der Waals surface area contributed by atoms with E-state index in [9.17, 15) is 14.4 Å². The van der Waals surface area contributed by atoms with Crippen molar-refractivity contribution in [1.29, 1.82) is 0 Å². The monoisotopic (exact) mass is 338 g/mol. The number of carbonyl (C=O) groups excluding carboxylic acids is 3. The number of nitrogens with one attached hydrogen (secondary N) is 2. The van der Waals surface area contributed by atoms with E-state index in [0.717, 1.165) is 0 Å². The molecule has 0 bridgehead atoms. The highest BCUT2D eigenvalue weighted by Crippen LogP contribution is 2.26. The van der Waals surface area contributed by atoms with E-state index in [-0.39, 0.29) is 23.8 Å². The van der Waals surface area contributed by atoms with Gasteiger partial charge in [0.05, 0.1) is 5.56 Å². The molecule has 1 saturated heterocycles. The minimum atomic E-state index is -0.215. The van der Waals surface area contributed by atoms with Gasteiger partial charge in [-0.2, -0.15) is 0 Å². The molecule has 126 valence electrons. The lowest BCUT2D eigenvalue weighted by Gasteiger charge is -2.33. The summed E-state index contributed by atoms with van der Waals surface area (Å²) < 4.78 is 0. The molecule has 1 aliphatic rings. The van der Waals surface area contributed by atoms with E-state index in [1.54, 1.807) is 42.4 Å². The third-order valence-electron chi connectivity index (χ3n) is 3.89. The molecule has 2 heterocycles. The molecule has 7 nitrogen and oxygen atoms in total. The van der Waals surface area contributed by atoms with E-state index >= 15 is 0 Å². The SMILES string of the molecule is CNC(=O)c1ccsc1NC(=O)C1CCN(C(=O)N(C)C)CC1. The molecule has 8 heteroatoms. The minimum absolute atomic E-state index is 0.0241. The van der Waals surface area contributed by atoms with Gasteiger partial charge in [0, 0.05) is 40.2 Å². The van der Waals surface area contributed by atoms with Crippen molar-refractivity contribution in [2.24, 2.45) is 5.92 Å². The van der Waals surface area contributed by atoms with Crippen LogP contribution in [0.5, 0.6) is 0 Å². The molecule has 1 aliphatic heterocycles. The van der Waals surface area contributed by atoms with Crippen LogP contribution in [0, 0.1) is 5.92 Å². The van der Waals surface area contributed by atoms with Crippen LogP contribution in [-0.2, 0) is 4.79 Å². The molecule has 1 aromatic rings. The summed E-state index contributed by atoms with van der Waals surface area (Å²) in [5.74, 6) is -0.441. The first kappa shape index (κ1) is 17.3. The van der Waals surface area contributed by atoms with E-state index in [4.69, 9.17) is 0 Å². The van der Waals surface area contributed by atoms with Gasteiger partial charge in [-0.3, -0.25) is 9.59 Å². The van der Waals surface area contributed by atoms with Crippen molar-refractivity contribution < 1.29 is 14.4 Å². The number of rotatable bonds is 3. The average Bonchev–Trinajstić information content (AvgIpc) is 3.01. The lowest BCUT2D eigenvalue weighted by molar-refractivity contribution is -0.121. The smallest absolute Gasteiger partial charge is 0.319 e. The zero-order valence-electron chi connectivity index (χ0n) is 13.6. The fourth-order valence-corrected chi connectivity index (χ4v) is 3.34. The van der Waals surface area contributed by atoms with Gasteiger partial charge in [0.2, 0.25) is 5.91 Å². The average molecular weight is 338 g/mol. The van der Waals surface area contributed by atoms with E-state index in [2.05, 4.69) is 10.6 Å². The Bertz CT molecular complexity index is 591. The van der Waals surface area contributed by atoms with Gasteiger partial charge in [0.25, 0.3) is 5.91 Å². The van der Waals surface area contributed by atoms with Gasteiger partial charge >= 0.3 is 6.03 Å². The normalized spacial score (nSPS) is 15.2. The number of amides is 4. The summed E-state index contributed by atoms with van der Waals surface area (Å²) in [4.78, 5) is 39.3. The number of thiophene rings is 1. The quantitative estimate of drug-likeness (QED) is 0.875. The number of likely N-dealkylation sites (tertiary alicyclic amines) is 1. The standard InChI is InChI=1S/C15H22N4O3S/c1-16-13(21)11-6-9-23-14(11)17-12(20)10-4-7-19(8-5-10)15(22)18(2)3/h6,9-10H,4-5,7-8H2,1-3H3,(H,16,21)(H,17,20). The molecule has 0 unspecified atom stereocenters. The number of anilines is 1. The fourth-order valence-electron chi connectivity index (χ4n) is 2.55. The minimum Gasteiger partial charge on any atom is -0.355 e. The maximum absolute atomic E-state index is 12.4. The zero-order chi connectivity index (χ0) is 17.0. The van der Waals surface area contributed by atoms with Crippen molar-refractivity contribution >= 4 is 34.2 Å². The van der Waals surface area contributed by atoms with Gasteiger partial charge in [-0.1, -0.05) is 0 Å². The number of urea groups is 1. The second-order valence-corrected chi connectivity index (χ2v) is 6.59. The predicted octanol–water partition coefficient (Wildman–Crippen LogP) is 1.44. The summed E-state index contributed by atoms with van der Waals surface area (Å²) in [5.41, 5.74) is 0.478. The van der Waals surface area contributed by atoms with Gasteiger partial charge in [0.1, 0.15) is 5.00 Å².